The number of hydrogen-bond donors (Lipinski definition) is 1. The van der Waals surface area contributed by atoms with Crippen LogP contribution in [0.25, 0.3) is 0 Å². The number of nitrogens with two attached hydrogens (primary N) is 1. The van der Waals surface area contributed by atoms with Gasteiger partial charge in [0.05, 0.1) is 6.61 Å². The molecule has 0 aliphatic heterocycles. The van der Waals surface area contributed by atoms with E-state index in [2.05, 4.69) is 46.8 Å². The van der Waals surface area contributed by atoms with Crippen molar-refractivity contribution >= 4 is 0 Å². The molecule has 0 aliphatic rings. The Hall–Kier alpha value is -1.02. The highest BCUT2D eigenvalue weighted by atomic mass is 16.5. The van der Waals surface area contributed by atoms with Crippen molar-refractivity contribution < 1.29 is 4.74 Å². The largest absolute Gasteiger partial charge is 0.493 e. The van der Waals surface area contributed by atoms with E-state index in [1.165, 1.54) is 5.56 Å². The van der Waals surface area contributed by atoms with Gasteiger partial charge in [-0.25, -0.2) is 0 Å². The van der Waals surface area contributed by atoms with Gasteiger partial charge in [-0.15, -0.1) is 0 Å². The Bertz CT molecular complexity index is 356. The van der Waals surface area contributed by atoms with Crippen molar-refractivity contribution in [1.82, 2.24) is 0 Å². The summed E-state index contributed by atoms with van der Waals surface area (Å²) in [6, 6.07) is 8.38. The van der Waals surface area contributed by atoms with Crippen molar-refractivity contribution in [2.24, 2.45) is 17.6 Å². The maximum absolute atomic E-state index is 5.95. The zero-order valence-electron chi connectivity index (χ0n) is 12.4. The summed E-state index contributed by atoms with van der Waals surface area (Å²) < 4.78 is 5.70. The Morgan fingerprint density at radius 2 is 1.67 bits per heavy atom. The summed E-state index contributed by atoms with van der Waals surface area (Å²) in [5.41, 5.74) is 7.27. The van der Waals surface area contributed by atoms with Crippen LogP contribution in [-0.2, 0) is 5.41 Å². The number of benzene rings is 1. The second kappa shape index (κ2) is 6.24. The summed E-state index contributed by atoms with van der Waals surface area (Å²) in [6.45, 7) is 12.4. The minimum absolute atomic E-state index is 0.0383. The van der Waals surface area contributed by atoms with Gasteiger partial charge in [-0.3, -0.25) is 0 Å². The molecule has 0 saturated heterocycles. The lowest BCUT2D eigenvalue weighted by Crippen LogP contribution is -2.36. The topological polar surface area (TPSA) is 35.2 Å². The lowest BCUT2D eigenvalue weighted by Gasteiger charge is -2.33. The van der Waals surface area contributed by atoms with Gasteiger partial charge in [-0.05, 0) is 29.5 Å². The fourth-order valence-electron chi connectivity index (χ4n) is 1.88. The molecular weight excluding hydrogens is 222 g/mol. The molecule has 0 fully saturated rings. The standard InChI is InChI=1S/C16H27NO/c1-12(2)10-18-15-8-6-14(7-9-15)16(5,11-17)13(3)4/h6-9,12-13H,10-11,17H2,1-5H3. The van der Waals surface area contributed by atoms with Gasteiger partial charge in [-0.2, -0.15) is 0 Å². The van der Waals surface area contributed by atoms with Crippen LogP contribution in [0.3, 0.4) is 0 Å². The van der Waals surface area contributed by atoms with Crippen molar-refractivity contribution in [2.75, 3.05) is 13.2 Å². The molecule has 18 heavy (non-hydrogen) atoms. The average molecular weight is 249 g/mol. The van der Waals surface area contributed by atoms with Crippen LogP contribution >= 0.6 is 0 Å². The van der Waals surface area contributed by atoms with Crippen LogP contribution in [0.15, 0.2) is 24.3 Å². The quantitative estimate of drug-likeness (QED) is 0.836. The van der Waals surface area contributed by atoms with Gasteiger partial charge in [0.25, 0.3) is 0 Å². The molecule has 0 amide bonds. The molecule has 1 unspecified atom stereocenters. The van der Waals surface area contributed by atoms with Crippen LogP contribution in [0.4, 0.5) is 0 Å². The summed E-state index contributed by atoms with van der Waals surface area (Å²) in [7, 11) is 0. The molecule has 0 aromatic heterocycles. The van der Waals surface area contributed by atoms with Crippen molar-refractivity contribution in [3.8, 4) is 5.75 Å². The van der Waals surface area contributed by atoms with E-state index in [-0.39, 0.29) is 5.41 Å². The maximum atomic E-state index is 5.95. The smallest absolute Gasteiger partial charge is 0.119 e. The molecule has 1 aromatic carbocycles. The molecule has 2 N–H and O–H groups in total. The second-order valence-corrected chi connectivity index (χ2v) is 6.01. The minimum atomic E-state index is 0.0383. The van der Waals surface area contributed by atoms with Gasteiger partial charge in [0.2, 0.25) is 0 Å². The van der Waals surface area contributed by atoms with Crippen LogP contribution in [0.1, 0.15) is 40.2 Å². The van der Waals surface area contributed by atoms with E-state index in [1.54, 1.807) is 0 Å². The molecule has 0 heterocycles. The van der Waals surface area contributed by atoms with Crippen LogP contribution < -0.4 is 10.5 Å². The first-order valence-electron chi connectivity index (χ1n) is 6.83. The minimum Gasteiger partial charge on any atom is -0.493 e. The van der Waals surface area contributed by atoms with E-state index in [1.807, 2.05) is 12.1 Å². The van der Waals surface area contributed by atoms with Gasteiger partial charge in [-0.1, -0.05) is 46.8 Å². The third-order valence-electron chi connectivity index (χ3n) is 3.80. The van der Waals surface area contributed by atoms with Crippen LogP contribution in [-0.4, -0.2) is 13.2 Å². The normalized spacial score (nSPS) is 14.9. The fourth-order valence-corrected chi connectivity index (χ4v) is 1.88. The Labute approximate surface area is 112 Å². The molecule has 1 atom stereocenters. The molecule has 0 aliphatic carbocycles. The van der Waals surface area contributed by atoms with Crippen LogP contribution in [0, 0.1) is 11.8 Å². The average Bonchev–Trinajstić information content (AvgIpc) is 2.35. The summed E-state index contributed by atoms with van der Waals surface area (Å²) in [5.74, 6) is 2.01. The first-order chi connectivity index (χ1) is 8.40. The highest BCUT2D eigenvalue weighted by Gasteiger charge is 2.28. The first kappa shape index (κ1) is 15.0. The Morgan fingerprint density at radius 1 is 1.11 bits per heavy atom. The molecule has 0 bridgehead atoms. The highest BCUT2D eigenvalue weighted by Crippen LogP contribution is 2.31. The van der Waals surface area contributed by atoms with E-state index in [0.29, 0.717) is 18.4 Å². The van der Waals surface area contributed by atoms with Crippen molar-refractivity contribution in [3.63, 3.8) is 0 Å². The lowest BCUT2D eigenvalue weighted by atomic mass is 9.73. The molecular formula is C16H27NO. The zero-order valence-corrected chi connectivity index (χ0v) is 12.4. The van der Waals surface area contributed by atoms with Gasteiger partial charge >= 0.3 is 0 Å². The SMILES string of the molecule is CC(C)COc1ccc(C(C)(CN)C(C)C)cc1. The molecule has 2 heteroatoms. The Kier molecular flexibility index (Phi) is 5.21. The zero-order chi connectivity index (χ0) is 13.8. The molecule has 0 radical (unpaired) electrons. The lowest BCUT2D eigenvalue weighted by molar-refractivity contribution is 0.270. The van der Waals surface area contributed by atoms with Gasteiger partial charge in [0, 0.05) is 12.0 Å². The summed E-state index contributed by atoms with van der Waals surface area (Å²) in [5, 5.41) is 0. The van der Waals surface area contributed by atoms with Crippen molar-refractivity contribution in [1.29, 1.82) is 0 Å². The number of ether oxygens (including phenoxy) is 1. The van der Waals surface area contributed by atoms with Gasteiger partial charge in [0.1, 0.15) is 5.75 Å². The van der Waals surface area contributed by atoms with E-state index < -0.39 is 0 Å². The third-order valence-corrected chi connectivity index (χ3v) is 3.80. The van der Waals surface area contributed by atoms with E-state index in [9.17, 15) is 0 Å². The summed E-state index contributed by atoms with van der Waals surface area (Å²) in [6.07, 6.45) is 0. The predicted octanol–water partition coefficient (Wildman–Crippen LogP) is 3.59. The maximum Gasteiger partial charge on any atom is 0.119 e. The van der Waals surface area contributed by atoms with Crippen molar-refractivity contribution in [3.05, 3.63) is 29.8 Å². The van der Waals surface area contributed by atoms with Gasteiger partial charge in [0.15, 0.2) is 0 Å². The molecule has 102 valence electrons. The Morgan fingerprint density at radius 3 is 2.06 bits per heavy atom. The molecule has 0 spiro atoms. The third kappa shape index (κ3) is 3.49. The fraction of sp³-hybridized carbons (Fsp3) is 0.625. The molecule has 1 aromatic rings. The van der Waals surface area contributed by atoms with E-state index in [0.717, 1.165) is 12.4 Å². The van der Waals surface area contributed by atoms with Crippen molar-refractivity contribution in [2.45, 2.75) is 40.0 Å². The predicted molar refractivity (Wildman–Crippen MR) is 78.0 cm³/mol. The molecule has 0 saturated carbocycles. The van der Waals surface area contributed by atoms with Gasteiger partial charge < -0.3 is 10.5 Å². The molecule has 2 nitrogen and oxygen atoms in total. The number of hydrogen-bond acceptors (Lipinski definition) is 2. The van der Waals surface area contributed by atoms with E-state index >= 15 is 0 Å². The van der Waals surface area contributed by atoms with Crippen LogP contribution in [0.5, 0.6) is 5.75 Å². The molecule has 1 rings (SSSR count). The highest BCUT2D eigenvalue weighted by molar-refractivity contribution is 5.32. The first-order valence-corrected chi connectivity index (χ1v) is 6.83. The Balaban J connectivity index is 2.81. The number of rotatable bonds is 6. The summed E-state index contributed by atoms with van der Waals surface area (Å²) >= 11 is 0. The second-order valence-electron chi connectivity index (χ2n) is 6.01. The van der Waals surface area contributed by atoms with E-state index in [4.69, 9.17) is 10.5 Å². The summed E-state index contributed by atoms with van der Waals surface area (Å²) in [4.78, 5) is 0. The van der Waals surface area contributed by atoms with Crippen LogP contribution in [0.2, 0.25) is 0 Å². The monoisotopic (exact) mass is 249 g/mol.